The van der Waals surface area contributed by atoms with Crippen LogP contribution in [0, 0.1) is 0 Å². The Labute approximate surface area is 253 Å². The van der Waals surface area contributed by atoms with Crippen LogP contribution in [0.4, 0.5) is 0 Å². The van der Waals surface area contributed by atoms with Crippen LogP contribution in [-0.2, 0) is 0 Å². The van der Waals surface area contributed by atoms with Crippen LogP contribution < -0.4 is 0 Å². The third-order valence-corrected chi connectivity index (χ3v) is 9.67. The zero-order valence-corrected chi connectivity index (χ0v) is 23.6. The van der Waals surface area contributed by atoms with Crippen LogP contribution in [0.1, 0.15) is 68.9 Å². The summed E-state index contributed by atoms with van der Waals surface area (Å²) in [6.07, 6.45) is -3.49. The molecule has 4 heteroatoms. The van der Waals surface area contributed by atoms with Gasteiger partial charge in [0.15, 0.2) is 0 Å². The Kier molecular flexibility index (Phi) is 5.44. The van der Waals surface area contributed by atoms with Crippen molar-refractivity contribution < 1.29 is 20.4 Å². The first-order valence-electron chi connectivity index (χ1n) is 14.9. The Bertz CT molecular complexity index is 2310. The fourth-order valence-corrected chi connectivity index (χ4v) is 7.55. The van der Waals surface area contributed by atoms with Gasteiger partial charge in [0.2, 0.25) is 0 Å². The zero-order valence-electron chi connectivity index (χ0n) is 23.6. The van der Waals surface area contributed by atoms with E-state index in [0.29, 0.717) is 11.1 Å². The molecule has 4 nitrogen and oxygen atoms in total. The SMILES string of the molecule is OC(c1ccccc1)c1cc2c3c4c(ccc3c1)C(O)c1cc(C(O)c3ccc5ccccc5c3)cc3ccc(c-4c13)C2O. The van der Waals surface area contributed by atoms with Crippen molar-refractivity contribution in [3.05, 3.63) is 166 Å². The molecule has 9 rings (SSSR count). The molecule has 4 N–H and O–H groups in total. The van der Waals surface area contributed by atoms with Crippen molar-refractivity contribution in [3.8, 4) is 11.1 Å². The quantitative estimate of drug-likeness (QED) is 0.174. The monoisotopic (exact) mass is 572 g/mol. The highest BCUT2D eigenvalue weighted by Crippen LogP contribution is 2.55. The smallest absolute Gasteiger partial charge is 0.105 e. The summed E-state index contributed by atoms with van der Waals surface area (Å²) in [5.74, 6) is 0. The van der Waals surface area contributed by atoms with E-state index >= 15 is 0 Å². The van der Waals surface area contributed by atoms with Crippen molar-refractivity contribution in [2.45, 2.75) is 24.4 Å². The first-order valence-corrected chi connectivity index (χ1v) is 14.9. The molecule has 0 spiro atoms. The van der Waals surface area contributed by atoms with Crippen LogP contribution in [0.15, 0.2) is 121 Å². The highest BCUT2D eigenvalue weighted by Gasteiger charge is 2.36. The van der Waals surface area contributed by atoms with Crippen LogP contribution in [0.2, 0.25) is 0 Å². The summed E-state index contributed by atoms with van der Waals surface area (Å²) in [7, 11) is 0. The maximum Gasteiger partial charge on any atom is 0.105 e. The molecule has 2 aliphatic rings. The first kappa shape index (κ1) is 25.6. The normalized spacial score (nSPS) is 17.8. The summed E-state index contributed by atoms with van der Waals surface area (Å²) in [6, 6.07) is 39.3. The standard InChI is InChI=1S/C40H28O4/c41-37(22-7-2-1-3-8-22)27-17-24-12-14-30-35-33(24)31(19-27)39(43)29-15-13-25-18-28(20-32(40(30)44)34(25)36(29)35)38(42)26-11-10-21-6-4-5-9-23(21)16-26/h1-20,37-44H. The summed E-state index contributed by atoms with van der Waals surface area (Å²) in [5.41, 5.74) is 7.89. The van der Waals surface area contributed by atoms with Crippen molar-refractivity contribution in [1.29, 1.82) is 0 Å². The lowest BCUT2D eigenvalue weighted by Crippen LogP contribution is -2.17. The topological polar surface area (TPSA) is 80.9 Å². The molecule has 0 fully saturated rings. The molecule has 44 heavy (non-hydrogen) atoms. The van der Waals surface area contributed by atoms with Gasteiger partial charge >= 0.3 is 0 Å². The van der Waals surface area contributed by atoms with Crippen molar-refractivity contribution in [2.24, 2.45) is 0 Å². The number of aliphatic hydroxyl groups is 4. The summed E-state index contributed by atoms with van der Waals surface area (Å²) < 4.78 is 0. The van der Waals surface area contributed by atoms with E-state index < -0.39 is 24.4 Å². The largest absolute Gasteiger partial charge is 0.384 e. The minimum atomic E-state index is -0.902. The van der Waals surface area contributed by atoms with Gasteiger partial charge in [-0.15, -0.1) is 0 Å². The molecule has 2 aliphatic carbocycles. The highest BCUT2D eigenvalue weighted by molar-refractivity contribution is 6.14. The van der Waals surface area contributed by atoms with Gasteiger partial charge in [-0.2, -0.15) is 0 Å². The molecule has 0 saturated carbocycles. The second-order valence-electron chi connectivity index (χ2n) is 12.1. The second-order valence-corrected chi connectivity index (χ2v) is 12.1. The van der Waals surface area contributed by atoms with Gasteiger partial charge in [0.05, 0.1) is 0 Å². The minimum absolute atomic E-state index is 0.711. The summed E-state index contributed by atoms with van der Waals surface area (Å²) in [4.78, 5) is 0. The molecule has 0 amide bonds. The van der Waals surface area contributed by atoms with Crippen LogP contribution in [0.5, 0.6) is 0 Å². The Hall–Kier alpha value is -4.84. The Morgan fingerprint density at radius 3 is 1.45 bits per heavy atom. The fraction of sp³-hybridized carbons (Fsp3) is 0.100. The Morgan fingerprint density at radius 2 is 0.864 bits per heavy atom. The molecule has 0 radical (unpaired) electrons. The molecule has 4 atom stereocenters. The maximum absolute atomic E-state index is 11.9. The summed E-state index contributed by atoms with van der Waals surface area (Å²) in [5, 5.41) is 52.3. The average Bonchev–Trinajstić information content (AvgIpc) is 3.08. The van der Waals surface area contributed by atoms with Gasteiger partial charge in [-0.3, -0.25) is 0 Å². The van der Waals surface area contributed by atoms with E-state index in [4.69, 9.17) is 0 Å². The molecule has 0 aromatic heterocycles. The Morgan fingerprint density at radius 1 is 0.386 bits per heavy atom. The lowest BCUT2D eigenvalue weighted by Gasteiger charge is -2.35. The number of rotatable bonds is 4. The molecular weight excluding hydrogens is 544 g/mol. The maximum atomic E-state index is 11.9. The number of aliphatic hydroxyl groups excluding tert-OH is 4. The molecule has 0 saturated heterocycles. The first-order chi connectivity index (χ1) is 21.5. The molecule has 0 bridgehead atoms. The predicted octanol–water partition coefficient (Wildman–Crippen LogP) is 7.77. The number of fused-ring (bicyclic) bond motifs is 1. The van der Waals surface area contributed by atoms with E-state index in [1.54, 1.807) is 0 Å². The van der Waals surface area contributed by atoms with E-state index in [2.05, 4.69) is 6.07 Å². The highest BCUT2D eigenvalue weighted by atomic mass is 16.3. The third-order valence-electron chi connectivity index (χ3n) is 9.67. The van der Waals surface area contributed by atoms with Gasteiger partial charge in [0, 0.05) is 0 Å². The minimum Gasteiger partial charge on any atom is -0.384 e. The van der Waals surface area contributed by atoms with Gasteiger partial charge in [0.25, 0.3) is 0 Å². The predicted molar refractivity (Wildman–Crippen MR) is 174 cm³/mol. The van der Waals surface area contributed by atoms with Gasteiger partial charge in [-0.1, -0.05) is 91.0 Å². The summed E-state index contributed by atoms with van der Waals surface area (Å²) in [6.45, 7) is 0. The van der Waals surface area contributed by atoms with Crippen molar-refractivity contribution in [1.82, 2.24) is 0 Å². The second kappa shape index (κ2) is 9.33. The number of hydrogen-bond acceptors (Lipinski definition) is 4. The molecule has 7 aromatic rings. The van der Waals surface area contributed by atoms with Crippen molar-refractivity contribution >= 4 is 32.3 Å². The van der Waals surface area contributed by atoms with Gasteiger partial charge < -0.3 is 20.4 Å². The Balaban J connectivity index is 1.24. The third kappa shape index (κ3) is 3.54. The van der Waals surface area contributed by atoms with Gasteiger partial charge in [-0.05, 0) is 118 Å². The van der Waals surface area contributed by atoms with E-state index in [1.165, 1.54) is 0 Å². The molecule has 0 aliphatic heterocycles. The van der Waals surface area contributed by atoms with Crippen LogP contribution in [-0.4, -0.2) is 20.4 Å². The summed E-state index contributed by atoms with van der Waals surface area (Å²) >= 11 is 0. The molecule has 7 aromatic carbocycles. The molecule has 212 valence electrons. The van der Waals surface area contributed by atoms with Crippen molar-refractivity contribution in [2.75, 3.05) is 0 Å². The average molecular weight is 573 g/mol. The lowest BCUT2D eigenvalue weighted by molar-refractivity contribution is 0.211. The van der Waals surface area contributed by atoms with Crippen LogP contribution in [0.3, 0.4) is 0 Å². The fourth-order valence-electron chi connectivity index (χ4n) is 7.55. The van der Waals surface area contributed by atoms with Crippen LogP contribution >= 0.6 is 0 Å². The van der Waals surface area contributed by atoms with Gasteiger partial charge in [0.1, 0.15) is 24.4 Å². The van der Waals surface area contributed by atoms with E-state index in [0.717, 1.165) is 76.8 Å². The van der Waals surface area contributed by atoms with E-state index in [1.807, 2.05) is 115 Å². The molecule has 0 heterocycles. The molecule has 4 unspecified atom stereocenters. The molecular formula is C40H28O4. The van der Waals surface area contributed by atoms with E-state index in [9.17, 15) is 20.4 Å². The van der Waals surface area contributed by atoms with Crippen molar-refractivity contribution in [3.63, 3.8) is 0 Å². The van der Waals surface area contributed by atoms with E-state index in [-0.39, 0.29) is 0 Å². The lowest BCUT2D eigenvalue weighted by atomic mass is 9.71. The number of benzene rings is 7. The number of hydrogen-bond donors (Lipinski definition) is 4. The van der Waals surface area contributed by atoms with Gasteiger partial charge in [-0.25, -0.2) is 0 Å². The van der Waals surface area contributed by atoms with Crippen LogP contribution in [0.25, 0.3) is 43.4 Å². The zero-order chi connectivity index (χ0) is 29.7.